The van der Waals surface area contributed by atoms with Crippen LogP contribution in [-0.2, 0) is 21.0 Å². The Morgan fingerprint density at radius 2 is 1.86 bits per heavy atom. The minimum absolute atomic E-state index is 0.0140. The van der Waals surface area contributed by atoms with Crippen molar-refractivity contribution < 1.29 is 40.6 Å². The molecule has 2 N–H and O–H groups in total. The van der Waals surface area contributed by atoms with E-state index in [0.717, 1.165) is 22.5 Å². The summed E-state index contributed by atoms with van der Waals surface area (Å²) in [7, 11) is -4.51. The summed E-state index contributed by atoms with van der Waals surface area (Å²) in [6.45, 7) is 0.636. The molecule has 2 aliphatic rings. The number of aliphatic carboxylic acids is 1. The van der Waals surface area contributed by atoms with E-state index in [1.54, 1.807) is 12.1 Å². The van der Waals surface area contributed by atoms with E-state index in [-0.39, 0.29) is 41.9 Å². The average Bonchev–Trinajstić information content (AvgIpc) is 3.38. The van der Waals surface area contributed by atoms with E-state index in [1.165, 1.54) is 24.3 Å². The van der Waals surface area contributed by atoms with E-state index in [2.05, 4.69) is 5.32 Å². The molecule has 2 aliphatic heterocycles. The number of fused-ring (bicyclic) bond motifs is 1. The molecule has 5 rings (SSSR count). The average molecular weight is 628 g/mol. The molecular weight excluding hydrogens is 602 g/mol. The Morgan fingerprint density at radius 1 is 1.10 bits per heavy atom. The van der Waals surface area contributed by atoms with Gasteiger partial charge < -0.3 is 20.1 Å². The quantitative estimate of drug-likeness (QED) is 0.295. The van der Waals surface area contributed by atoms with E-state index in [0.29, 0.717) is 37.0 Å². The third kappa shape index (κ3) is 6.21. The molecule has 3 aromatic carbocycles. The Bertz CT molecular complexity index is 1580. The number of hydrogen-bond donors (Lipinski definition) is 2. The zero-order valence-corrected chi connectivity index (χ0v) is 23.5. The monoisotopic (exact) mass is 627 g/mol. The Morgan fingerprint density at radius 3 is 2.57 bits per heavy atom. The highest BCUT2D eigenvalue weighted by atomic mass is 35.5. The van der Waals surface area contributed by atoms with Gasteiger partial charge in [-0.2, -0.15) is 13.2 Å². The van der Waals surface area contributed by atoms with Crippen LogP contribution in [0, 0.1) is 5.82 Å². The van der Waals surface area contributed by atoms with Gasteiger partial charge in [0.05, 0.1) is 33.4 Å². The van der Waals surface area contributed by atoms with E-state index < -0.39 is 44.5 Å². The standard InChI is InChI=1S/C28H26ClF4N3O5S/c29-22-5-2-6-23(30)27(22)35-12-11-19(15-35)34-18-7-9-25-24(14-18)36(16-20(41-25)8-10-26(37)38)42(39,40)21-4-1-3-17(13-21)28(31,32)33/h1-7,9,13-14,19-20,34H,8,10-12,15-16H2,(H,37,38). The lowest BCUT2D eigenvalue weighted by Crippen LogP contribution is -2.43. The van der Waals surface area contributed by atoms with Gasteiger partial charge >= 0.3 is 12.1 Å². The molecule has 1 fully saturated rings. The van der Waals surface area contributed by atoms with Gasteiger partial charge in [0.15, 0.2) is 0 Å². The lowest BCUT2D eigenvalue weighted by molar-refractivity contribution is -0.138. The number of halogens is 5. The number of carboxylic acids is 1. The maximum Gasteiger partial charge on any atom is 0.416 e. The molecule has 0 spiro atoms. The number of anilines is 3. The van der Waals surface area contributed by atoms with E-state index in [9.17, 15) is 30.8 Å². The second-order valence-corrected chi connectivity index (χ2v) is 12.3. The summed E-state index contributed by atoms with van der Waals surface area (Å²) in [5, 5.41) is 12.7. The first-order valence-corrected chi connectivity index (χ1v) is 14.8. The van der Waals surface area contributed by atoms with Crippen LogP contribution in [0.4, 0.5) is 34.6 Å². The van der Waals surface area contributed by atoms with Gasteiger partial charge in [0.2, 0.25) is 0 Å². The molecule has 0 aliphatic carbocycles. The molecule has 1 saturated heterocycles. The second-order valence-electron chi connectivity index (χ2n) is 10.1. The smallest absolute Gasteiger partial charge is 0.416 e. The van der Waals surface area contributed by atoms with Crippen molar-refractivity contribution in [3.05, 3.63) is 77.1 Å². The third-order valence-corrected chi connectivity index (χ3v) is 9.21. The van der Waals surface area contributed by atoms with Gasteiger partial charge in [0.1, 0.15) is 17.7 Å². The first-order valence-electron chi connectivity index (χ1n) is 13.0. The maximum absolute atomic E-state index is 14.4. The van der Waals surface area contributed by atoms with Gasteiger partial charge in [-0.15, -0.1) is 0 Å². The summed E-state index contributed by atoms with van der Waals surface area (Å²) in [4.78, 5) is 12.4. The lowest BCUT2D eigenvalue weighted by Gasteiger charge is -2.36. The number of carboxylic acid groups (broad SMARTS) is 1. The van der Waals surface area contributed by atoms with Crippen LogP contribution >= 0.6 is 11.6 Å². The van der Waals surface area contributed by atoms with Gasteiger partial charge in [-0.3, -0.25) is 9.10 Å². The Balaban J connectivity index is 1.44. The van der Waals surface area contributed by atoms with Crippen LogP contribution in [0.15, 0.2) is 65.6 Å². The second kappa shape index (κ2) is 11.5. The number of carbonyl (C=O) groups is 1. The highest BCUT2D eigenvalue weighted by Gasteiger charge is 2.37. The van der Waals surface area contributed by atoms with Crippen molar-refractivity contribution in [1.29, 1.82) is 0 Å². The highest BCUT2D eigenvalue weighted by molar-refractivity contribution is 7.92. The number of benzene rings is 3. The Kier molecular flexibility index (Phi) is 8.17. The number of hydrogen-bond acceptors (Lipinski definition) is 6. The minimum atomic E-state index is -4.75. The molecule has 0 radical (unpaired) electrons. The predicted octanol–water partition coefficient (Wildman–Crippen LogP) is 6.01. The highest BCUT2D eigenvalue weighted by Crippen LogP contribution is 2.41. The summed E-state index contributed by atoms with van der Waals surface area (Å²) in [6.07, 6.45) is -5.28. The molecule has 0 bridgehead atoms. The molecule has 8 nitrogen and oxygen atoms in total. The largest absolute Gasteiger partial charge is 0.486 e. The van der Waals surface area contributed by atoms with Crippen molar-refractivity contribution in [2.45, 2.75) is 42.5 Å². The summed E-state index contributed by atoms with van der Waals surface area (Å²) in [6, 6.07) is 12.5. The van der Waals surface area contributed by atoms with Crippen LogP contribution in [0.3, 0.4) is 0 Å². The van der Waals surface area contributed by atoms with Gasteiger partial charge in [-0.25, -0.2) is 12.8 Å². The molecule has 0 saturated carbocycles. The Labute approximate surface area is 244 Å². The van der Waals surface area contributed by atoms with Gasteiger partial charge in [0.25, 0.3) is 10.0 Å². The van der Waals surface area contributed by atoms with Crippen molar-refractivity contribution in [3.63, 3.8) is 0 Å². The van der Waals surface area contributed by atoms with Crippen LogP contribution in [0.5, 0.6) is 5.75 Å². The zero-order valence-electron chi connectivity index (χ0n) is 21.9. The minimum Gasteiger partial charge on any atom is -0.486 e. The van der Waals surface area contributed by atoms with Crippen LogP contribution in [0.25, 0.3) is 0 Å². The van der Waals surface area contributed by atoms with E-state index in [1.807, 2.05) is 4.90 Å². The summed E-state index contributed by atoms with van der Waals surface area (Å²) < 4.78 is 88.9. The van der Waals surface area contributed by atoms with Crippen molar-refractivity contribution in [2.75, 3.05) is 34.2 Å². The fourth-order valence-corrected chi connectivity index (χ4v) is 6.96. The molecule has 0 amide bonds. The first kappa shape index (κ1) is 29.8. The summed E-state index contributed by atoms with van der Waals surface area (Å²) in [5.41, 5.74) is -0.211. The van der Waals surface area contributed by atoms with E-state index >= 15 is 0 Å². The number of rotatable bonds is 8. The topological polar surface area (TPSA) is 99.2 Å². The number of nitrogens with zero attached hydrogens (tertiary/aromatic N) is 2. The van der Waals surface area contributed by atoms with Crippen LogP contribution < -0.4 is 19.3 Å². The van der Waals surface area contributed by atoms with Gasteiger partial charge in [-0.05, 0) is 61.4 Å². The van der Waals surface area contributed by atoms with Crippen molar-refractivity contribution in [2.24, 2.45) is 0 Å². The SMILES string of the molecule is O=C(O)CCC1CN(S(=O)(=O)c2cccc(C(F)(F)F)c2)c2cc(NC3CCN(c4c(F)cccc4Cl)C3)ccc2O1. The lowest BCUT2D eigenvalue weighted by atomic mass is 10.1. The molecule has 2 atom stereocenters. The molecule has 42 heavy (non-hydrogen) atoms. The van der Waals surface area contributed by atoms with Gasteiger partial charge in [-0.1, -0.05) is 23.7 Å². The van der Waals surface area contributed by atoms with Crippen LogP contribution in [0.1, 0.15) is 24.8 Å². The van der Waals surface area contributed by atoms with Crippen LogP contribution in [0.2, 0.25) is 5.02 Å². The number of ether oxygens (including phenoxy) is 1. The fourth-order valence-electron chi connectivity index (χ4n) is 5.13. The number of alkyl halides is 3. The summed E-state index contributed by atoms with van der Waals surface area (Å²) >= 11 is 6.22. The molecule has 224 valence electrons. The fraction of sp³-hybridized carbons (Fsp3) is 0.321. The Hall–Kier alpha value is -3.71. The predicted molar refractivity (Wildman–Crippen MR) is 149 cm³/mol. The number of sulfonamides is 1. The van der Waals surface area contributed by atoms with Gasteiger partial charge in [0, 0.05) is 31.2 Å². The van der Waals surface area contributed by atoms with Crippen molar-refractivity contribution in [1.82, 2.24) is 0 Å². The van der Waals surface area contributed by atoms with Crippen LogP contribution in [-0.4, -0.2) is 51.3 Å². The van der Waals surface area contributed by atoms with Crippen molar-refractivity contribution in [3.8, 4) is 5.75 Å². The van der Waals surface area contributed by atoms with Crippen molar-refractivity contribution >= 4 is 44.7 Å². The number of para-hydroxylation sites is 1. The molecule has 0 aromatic heterocycles. The molecular formula is C28H26ClF4N3O5S. The number of nitrogens with one attached hydrogen (secondary N) is 1. The van der Waals surface area contributed by atoms with E-state index in [4.69, 9.17) is 21.4 Å². The molecule has 2 unspecified atom stereocenters. The zero-order chi connectivity index (χ0) is 30.2. The summed E-state index contributed by atoms with van der Waals surface area (Å²) in [5.74, 6) is -1.40. The third-order valence-electron chi connectivity index (χ3n) is 7.13. The normalized spacial score (nSPS) is 18.9. The molecule has 2 heterocycles. The first-order chi connectivity index (χ1) is 19.8. The maximum atomic E-state index is 14.4. The molecule has 14 heteroatoms. The molecule has 3 aromatic rings.